The minimum Gasteiger partial charge on any atom is -0.314 e. The van der Waals surface area contributed by atoms with E-state index in [1.165, 1.54) is 11.3 Å². The summed E-state index contributed by atoms with van der Waals surface area (Å²) in [4.78, 5) is 7.40. The Morgan fingerprint density at radius 3 is 2.22 bits per heavy atom. The van der Waals surface area contributed by atoms with Gasteiger partial charge in [0.25, 0.3) is 0 Å². The Bertz CT molecular complexity index is 516. The predicted molar refractivity (Wildman–Crippen MR) is 97.0 cm³/mol. The van der Waals surface area contributed by atoms with Gasteiger partial charge in [-0.15, -0.1) is 0 Å². The van der Waals surface area contributed by atoms with E-state index in [-0.39, 0.29) is 0 Å². The van der Waals surface area contributed by atoms with Crippen molar-refractivity contribution in [1.29, 1.82) is 0 Å². The molecule has 0 radical (unpaired) electrons. The molecule has 1 atom stereocenters. The Labute approximate surface area is 139 Å². The van der Waals surface area contributed by atoms with Crippen LogP contribution in [0.3, 0.4) is 0 Å². The smallest absolute Gasteiger partial charge is 0.0668 e. The van der Waals surface area contributed by atoms with Crippen LogP contribution in [0.25, 0.3) is 0 Å². The highest BCUT2D eigenvalue weighted by Gasteiger charge is 2.24. The molecule has 23 heavy (non-hydrogen) atoms. The SMILES string of the molecule is CC1C(CN2CCNCCNCCNCC2)=Nc2ccccc21. The molecular formula is C18H29N5. The van der Waals surface area contributed by atoms with Crippen LogP contribution in [0.4, 0.5) is 5.69 Å². The number of nitrogens with zero attached hydrogens (tertiary/aromatic N) is 2. The number of rotatable bonds is 2. The molecule has 5 nitrogen and oxygen atoms in total. The van der Waals surface area contributed by atoms with Gasteiger partial charge < -0.3 is 16.0 Å². The van der Waals surface area contributed by atoms with Crippen molar-refractivity contribution in [3.63, 3.8) is 0 Å². The third kappa shape index (κ3) is 4.61. The Balaban J connectivity index is 1.58. The van der Waals surface area contributed by atoms with Crippen molar-refractivity contribution in [1.82, 2.24) is 20.9 Å². The van der Waals surface area contributed by atoms with Gasteiger partial charge in [0.1, 0.15) is 0 Å². The summed E-state index contributed by atoms with van der Waals surface area (Å²) in [5.74, 6) is 0.442. The fourth-order valence-corrected chi connectivity index (χ4v) is 3.26. The van der Waals surface area contributed by atoms with Crippen molar-refractivity contribution in [3.8, 4) is 0 Å². The molecule has 126 valence electrons. The van der Waals surface area contributed by atoms with Gasteiger partial charge >= 0.3 is 0 Å². The summed E-state index contributed by atoms with van der Waals surface area (Å²) in [7, 11) is 0. The molecule has 2 heterocycles. The summed E-state index contributed by atoms with van der Waals surface area (Å²) in [6, 6.07) is 8.54. The summed E-state index contributed by atoms with van der Waals surface area (Å²) >= 11 is 0. The second kappa shape index (κ2) is 8.55. The van der Waals surface area contributed by atoms with Crippen molar-refractivity contribution in [2.45, 2.75) is 12.8 Å². The second-order valence-corrected chi connectivity index (χ2v) is 6.41. The lowest BCUT2D eigenvalue weighted by atomic mass is 9.98. The van der Waals surface area contributed by atoms with Crippen LogP contribution in [0, 0.1) is 0 Å². The van der Waals surface area contributed by atoms with Crippen molar-refractivity contribution in [3.05, 3.63) is 29.8 Å². The van der Waals surface area contributed by atoms with E-state index < -0.39 is 0 Å². The monoisotopic (exact) mass is 315 g/mol. The van der Waals surface area contributed by atoms with E-state index in [4.69, 9.17) is 4.99 Å². The molecular weight excluding hydrogens is 286 g/mol. The van der Waals surface area contributed by atoms with Crippen molar-refractivity contribution in [2.75, 3.05) is 58.9 Å². The first kappa shape index (κ1) is 16.6. The Kier molecular flexibility index (Phi) is 6.16. The number of benzene rings is 1. The van der Waals surface area contributed by atoms with Crippen LogP contribution in [0.15, 0.2) is 29.3 Å². The standard InChI is InChI=1S/C18H29N5/c1-15-16-4-2-3-5-17(16)22-18(15)14-23-12-10-20-8-6-19-7-9-21-11-13-23/h2-5,15,19-21H,6-14H2,1H3. The summed E-state index contributed by atoms with van der Waals surface area (Å²) in [6.45, 7) is 11.6. The zero-order chi connectivity index (χ0) is 15.9. The molecule has 0 spiro atoms. The first-order valence-electron chi connectivity index (χ1n) is 8.85. The predicted octanol–water partition coefficient (Wildman–Crippen LogP) is 0.961. The number of hydrogen-bond donors (Lipinski definition) is 3. The average Bonchev–Trinajstić information content (AvgIpc) is 2.87. The van der Waals surface area contributed by atoms with Gasteiger partial charge in [-0.05, 0) is 11.6 Å². The van der Waals surface area contributed by atoms with Crippen LogP contribution < -0.4 is 16.0 Å². The number of nitrogens with one attached hydrogen (secondary N) is 3. The highest BCUT2D eigenvalue weighted by molar-refractivity contribution is 5.99. The topological polar surface area (TPSA) is 51.7 Å². The zero-order valence-electron chi connectivity index (χ0n) is 14.1. The number of fused-ring (bicyclic) bond motifs is 1. The molecule has 2 aliphatic rings. The van der Waals surface area contributed by atoms with Crippen molar-refractivity contribution < 1.29 is 0 Å². The van der Waals surface area contributed by atoms with Crippen LogP contribution >= 0.6 is 0 Å². The van der Waals surface area contributed by atoms with Gasteiger partial charge in [-0.2, -0.15) is 0 Å². The highest BCUT2D eigenvalue weighted by Crippen LogP contribution is 2.34. The summed E-state index contributed by atoms with van der Waals surface area (Å²) < 4.78 is 0. The van der Waals surface area contributed by atoms with E-state index in [1.807, 2.05) is 0 Å². The number of hydrogen-bond acceptors (Lipinski definition) is 5. The first-order valence-corrected chi connectivity index (χ1v) is 8.85. The Hall–Kier alpha value is -1.27. The van der Waals surface area contributed by atoms with Gasteiger partial charge in [0.2, 0.25) is 0 Å². The van der Waals surface area contributed by atoms with Crippen LogP contribution in [0.2, 0.25) is 0 Å². The quantitative estimate of drug-likeness (QED) is 0.761. The fraction of sp³-hybridized carbons (Fsp3) is 0.611. The van der Waals surface area contributed by atoms with Gasteiger partial charge in [-0.3, -0.25) is 9.89 Å². The second-order valence-electron chi connectivity index (χ2n) is 6.41. The molecule has 0 aromatic heterocycles. The minimum absolute atomic E-state index is 0.442. The van der Waals surface area contributed by atoms with Gasteiger partial charge in [-0.25, -0.2) is 0 Å². The lowest BCUT2D eigenvalue weighted by Crippen LogP contribution is -2.43. The first-order chi connectivity index (χ1) is 11.3. The highest BCUT2D eigenvalue weighted by atomic mass is 15.2. The lowest BCUT2D eigenvalue weighted by molar-refractivity contribution is 0.304. The molecule has 1 saturated heterocycles. The van der Waals surface area contributed by atoms with Gasteiger partial charge in [0, 0.05) is 70.5 Å². The molecule has 0 bridgehead atoms. The lowest BCUT2D eigenvalue weighted by Gasteiger charge is -2.25. The fourth-order valence-electron chi connectivity index (χ4n) is 3.26. The molecule has 3 N–H and O–H groups in total. The van der Waals surface area contributed by atoms with Crippen LogP contribution in [0.1, 0.15) is 18.4 Å². The van der Waals surface area contributed by atoms with Gasteiger partial charge in [0.05, 0.1) is 5.69 Å². The van der Waals surface area contributed by atoms with E-state index >= 15 is 0 Å². The molecule has 1 aromatic rings. The van der Waals surface area contributed by atoms with Crippen LogP contribution in [-0.2, 0) is 0 Å². The molecule has 3 rings (SSSR count). The number of aliphatic imine (C=N–C) groups is 1. The van der Waals surface area contributed by atoms with E-state index in [2.05, 4.69) is 52.0 Å². The normalized spacial score (nSPS) is 24.4. The van der Waals surface area contributed by atoms with Crippen molar-refractivity contribution >= 4 is 11.4 Å². The average molecular weight is 315 g/mol. The summed E-state index contributed by atoms with van der Waals surface area (Å²) in [6.07, 6.45) is 0. The molecule has 5 heteroatoms. The van der Waals surface area contributed by atoms with Gasteiger partial charge in [0.15, 0.2) is 0 Å². The minimum atomic E-state index is 0.442. The van der Waals surface area contributed by atoms with E-state index in [1.54, 1.807) is 0 Å². The molecule has 1 unspecified atom stereocenters. The van der Waals surface area contributed by atoms with Crippen molar-refractivity contribution in [2.24, 2.45) is 4.99 Å². The maximum Gasteiger partial charge on any atom is 0.0668 e. The largest absolute Gasteiger partial charge is 0.314 e. The van der Waals surface area contributed by atoms with Crippen LogP contribution in [0.5, 0.6) is 0 Å². The molecule has 1 fully saturated rings. The Morgan fingerprint density at radius 1 is 0.957 bits per heavy atom. The Morgan fingerprint density at radius 2 is 1.57 bits per heavy atom. The van der Waals surface area contributed by atoms with E-state index in [0.29, 0.717) is 5.92 Å². The molecule has 0 aliphatic carbocycles. The zero-order valence-corrected chi connectivity index (χ0v) is 14.1. The number of para-hydroxylation sites is 1. The molecule has 1 aromatic carbocycles. The van der Waals surface area contributed by atoms with E-state index in [9.17, 15) is 0 Å². The van der Waals surface area contributed by atoms with Gasteiger partial charge in [-0.1, -0.05) is 25.1 Å². The van der Waals surface area contributed by atoms with E-state index in [0.717, 1.165) is 64.6 Å². The maximum atomic E-state index is 4.88. The maximum absolute atomic E-state index is 4.88. The van der Waals surface area contributed by atoms with Crippen LogP contribution in [-0.4, -0.2) is 69.5 Å². The third-order valence-corrected chi connectivity index (χ3v) is 4.72. The summed E-state index contributed by atoms with van der Waals surface area (Å²) in [5.41, 5.74) is 3.84. The third-order valence-electron chi connectivity index (χ3n) is 4.72. The molecule has 0 amide bonds. The molecule has 0 saturated carbocycles. The molecule has 2 aliphatic heterocycles. The summed E-state index contributed by atoms with van der Waals surface area (Å²) in [5, 5.41) is 10.5.